The maximum atomic E-state index is 13.6. The van der Waals surface area contributed by atoms with Crippen LogP contribution in [0.5, 0.6) is 11.5 Å². The number of benzene rings is 2. The number of methoxy groups -OCH3 is 1. The Kier molecular flexibility index (Phi) is 3.96. The first kappa shape index (κ1) is 14.4. The van der Waals surface area contributed by atoms with Crippen LogP contribution in [-0.2, 0) is 11.2 Å². The van der Waals surface area contributed by atoms with Gasteiger partial charge in [-0.1, -0.05) is 18.2 Å². The standard InChI is InChI=1S/C17H16FNO3/c1-21-16-7-6-13(9-14(16)18)19-17(20)12-8-11-4-2-3-5-15(11)22-10-12/h2-7,9,12H,8,10H2,1H3,(H,19,20)/t12-/m0/s1. The zero-order valence-corrected chi connectivity index (χ0v) is 12.1. The van der Waals surface area contributed by atoms with E-state index >= 15 is 0 Å². The molecule has 22 heavy (non-hydrogen) atoms. The number of hydrogen-bond donors (Lipinski definition) is 1. The number of halogens is 1. The first-order valence-electron chi connectivity index (χ1n) is 7.02. The molecule has 0 saturated heterocycles. The third kappa shape index (κ3) is 2.88. The molecule has 0 bridgehead atoms. The van der Waals surface area contributed by atoms with Crippen molar-refractivity contribution in [2.75, 3.05) is 19.0 Å². The van der Waals surface area contributed by atoms with Crippen LogP contribution in [0.3, 0.4) is 0 Å². The van der Waals surface area contributed by atoms with Crippen molar-refractivity contribution in [1.29, 1.82) is 0 Å². The maximum Gasteiger partial charge on any atom is 0.231 e. The number of anilines is 1. The molecule has 0 aromatic heterocycles. The summed E-state index contributed by atoms with van der Waals surface area (Å²) in [6.07, 6.45) is 0.612. The molecule has 4 nitrogen and oxygen atoms in total. The molecule has 0 fully saturated rings. The fourth-order valence-electron chi connectivity index (χ4n) is 2.48. The van der Waals surface area contributed by atoms with E-state index < -0.39 is 5.82 Å². The van der Waals surface area contributed by atoms with Crippen molar-refractivity contribution < 1.29 is 18.7 Å². The summed E-state index contributed by atoms with van der Waals surface area (Å²) in [5, 5.41) is 2.72. The molecule has 1 heterocycles. The summed E-state index contributed by atoms with van der Waals surface area (Å²) in [5.74, 6) is -0.0142. The van der Waals surface area contributed by atoms with E-state index in [4.69, 9.17) is 9.47 Å². The van der Waals surface area contributed by atoms with Crippen LogP contribution in [0.25, 0.3) is 0 Å². The van der Waals surface area contributed by atoms with E-state index in [2.05, 4.69) is 5.32 Å². The SMILES string of the molecule is COc1ccc(NC(=O)[C@@H]2COc3ccccc3C2)cc1F. The van der Waals surface area contributed by atoms with Crippen molar-refractivity contribution in [3.8, 4) is 11.5 Å². The summed E-state index contributed by atoms with van der Waals surface area (Å²) in [6, 6.07) is 12.0. The van der Waals surface area contributed by atoms with Gasteiger partial charge in [0.05, 0.1) is 13.0 Å². The zero-order chi connectivity index (χ0) is 15.5. The molecule has 2 aromatic rings. The van der Waals surface area contributed by atoms with Gasteiger partial charge in [-0.2, -0.15) is 0 Å². The highest BCUT2D eigenvalue weighted by molar-refractivity contribution is 5.93. The maximum absolute atomic E-state index is 13.6. The number of carbonyl (C=O) groups is 1. The first-order chi connectivity index (χ1) is 10.7. The monoisotopic (exact) mass is 301 g/mol. The molecule has 0 spiro atoms. The van der Waals surface area contributed by atoms with Gasteiger partial charge in [0, 0.05) is 11.8 Å². The molecule has 114 valence electrons. The first-order valence-corrected chi connectivity index (χ1v) is 7.02. The summed E-state index contributed by atoms with van der Waals surface area (Å²) < 4.78 is 24.1. The Morgan fingerprint density at radius 3 is 2.91 bits per heavy atom. The lowest BCUT2D eigenvalue weighted by molar-refractivity contribution is -0.121. The second-order valence-corrected chi connectivity index (χ2v) is 5.16. The summed E-state index contributed by atoms with van der Waals surface area (Å²) in [4.78, 5) is 12.3. The number of amides is 1. The van der Waals surface area contributed by atoms with Crippen molar-refractivity contribution in [2.24, 2.45) is 5.92 Å². The quantitative estimate of drug-likeness (QED) is 0.948. The molecule has 0 saturated carbocycles. The Morgan fingerprint density at radius 2 is 2.14 bits per heavy atom. The summed E-state index contributed by atoms with van der Waals surface area (Å²) in [5.41, 5.74) is 1.41. The average Bonchev–Trinajstić information content (AvgIpc) is 2.54. The van der Waals surface area contributed by atoms with E-state index in [-0.39, 0.29) is 17.6 Å². The van der Waals surface area contributed by atoms with E-state index in [0.717, 1.165) is 11.3 Å². The van der Waals surface area contributed by atoms with Crippen molar-refractivity contribution >= 4 is 11.6 Å². The predicted molar refractivity (Wildman–Crippen MR) is 80.7 cm³/mol. The van der Waals surface area contributed by atoms with Crippen molar-refractivity contribution in [3.63, 3.8) is 0 Å². The Bertz CT molecular complexity index is 702. The highest BCUT2D eigenvalue weighted by Crippen LogP contribution is 2.28. The number of ether oxygens (including phenoxy) is 2. The van der Waals surface area contributed by atoms with E-state index in [0.29, 0.717) is 18.7 Å². The molecule has 0 aliphatic carbocycles. The number of para-hydroxylation sites is 1. The fourth-order valence-corrected chi connectivity index (χ4v) is 2.48. The van der Waals surface area contributed by atoms with Gasteiger partial charge >= 0.3 is 0 Å². The predicted octanol–water partition coefficient (Wildman–Crippen LogP) is 3.02. The Balaban J connectivity index is 1.69. The molecule has 1 aliphatic rings. The van der Waals surface area contributed by atoms with Crippen LogP contribution >= 0.6 is 0 Å². The van der Waals surface area contributed by atoms with E-state index in [1.54, 1.807) is 6.07 Å². The van der Waals surface area contributed by atoms with Crippen molar-refractivity contribution in [3.05, 3.63) is 53.8 Å². The molecule has 1 amide bonds. The van der Waals surface area contributed by atoms with Crippen LogP contribution in [0.2, 0.25) is 0 Å². The Morgan fingerprint density at radius 1 is 1.32 bits per heavy atom. The molecule has 3 rings (SSSR count). The number of nitrogens with one attached hydrogen (secondary N) is 1. The summed E-state index contributed by atoms with van der Waals surface area (Å²) >= 11 is 0. The smallest absolute Gasteiger partial charge is 0.231 e. The number of rotatable bonds is 3. The molecular formula is C17H16FNO3. The Labute approximate surface area is 127 Å². The van der Waals surface area contributed by atoms with Gasteiger partial charge in [-0.05, 0) is 30.2 Å². The van der Waals surface area contributed by atoms with E-state index in [1.165, 1.54) is 19.2 Å². The minimum Gasteiger partial charge on any atom is -0.494 e. The van der Waals surface area contributed by atoms with Gasteiger partial charge in [0.25, 0.3) is 0 Å². The highest BCUT2D eigenvalue weighted by Gasteiger charge is 2.25. The van der Waals surface area contributed by atoms with Crippen LogP contribution in [0, 0.1) is 11.7 Å². The van der Waals surface area contributed by atoms with Crippen LogP contribution in [0.1, 0.15) is 5.56 Å². The molecule has 5 heteroatoms. The van der Waals surface area contributed by atoms with Crippen LogP contribution in [0.4, 0.5) is 10.1 Å². The van der Waals surface area contributed by atoms with Gasteiger partial charge in [0.2, 0.25) is 5.91 Å². The largest absolute Gasteiger partial charge is 0.494 e. The van der Waals surface area contributed by atoms with Gasteiger partial charge < -0.3 is 14.8 Å². The zero-order valence-electron chi connectivity index (χ0n) is 12.1. The number of hydrogen-bond acceptors (Lipinski definition) is 3. The fraction of sp³-hybridized carbons (Fsp3) is 0.235. The second-order valence-electron chi connectivity index (χ2n) is 5.16. The molecule has 2 aromatic carbocycles. The van der Waals surface area contributed by atoms with Crippen molar-refractivity contribution in [2.45, 2.75) is 6.42 Å². The minimum absolute atomic E-state index is 0.146. The Hall–Kier alpha value is -2.56. The highest BCUT2D eigenvalue weighted by atomic mass is 19.1. The lowest BCUT2D eigenvalue weighted by atomic mass is 9.96. The van der Waals surface area contributed by atoms with Crippen LogP contribution in [-0.4, -0.2) is 19.6 Å². The van der Waals surface area contributed by atoms with Crippen LogP contribution in [0.15, 0.2) is 42.5 Å². The van der Waals surface area contributed by atoms with Crippen LogP contribution < -0.4 is 14.8 Å². The normalized spacial score (nSPS) is 16.4. The molecule has 1 aliphatic heterocycles. The van der Waals surface area contributed by atoms with Gasteiger partial charge in [0.15, 0.2) is 11.6 Å². The van der Waals surface area contributed by atoms with Gasteiger partial charge in [-0.15, -0.1) is 0 Å². The molecule has 0 radical (unpaired) electrons. The third-order valence-corrected chi connectivity index (χ3v) is 3.67. The topological polar surface area (TPSA) is 47.6 Å². The van der Waals surface area contributed by atoms with Gasteiger partial charge in [-0.25, -0.2) is 4.39 Å². The molecule has 1 atom stereocenters. The number of carbonyl (C=O) groups excluding carboxylic acids is 1. The average molecular weight is 301 g/mol. The summed E-state index contributed by atoms with van der Waals surface area (Å²) in [7, 11) is 1.40. The van der Waals surface area contributed by atoms with E-state index in [9.17, 15) is 9.18 Å². The molecule has 0 unspecified atom stereocenters. The minimum atomic E-state index is -0.509. The van der Waals surface area contributed by atoms with Gasteiger partial charge in [-0.3, -0.25) is 4.79 Å². The molecular weight excluding hydrogens is 285 g/mol. The number of fused-ring (bicyclic) bond motifs is 1. The lowest BCUT2D eigenvalue weighted by Crippen LogP contribution is -2.32. The third-order valence-electron chi connectivity index (χ3n) is 3.67. The van der Waals surface area contributed by atoms with Crippen molar-refractivity contribution in [1.82, 2.24) is 0 Å². The molecule has 1 N–H and O–H groups in total. The lowest BCUT2D eigenvalue weighted by Gasteiger charge is -2.24. The van der Waals surface area contributed by atoms with E-state index in [1.807, 2.05) is 24.3 Å². The summed E-state index contributed by atoms with van der Waals surface area (Å²) in [6.45, 7) is 0.321. The van der Waals surface area contributed by atoms with Gasteiger partial charge in [0.1, 0.15) is 12.4 Å². The second kappa shape index (κ2) is 6.05.